The third kappa shape index (κ3) is 2.85. The summed E-state index contributed by atoms with van der Waals surface area (Å²) in [4.78, 5) is 38.0. The van der Waals surface area contributed by atoms with E-state index in [1.807, 2.05) is 42.2 Å². The lowest BCUT2D eigenvalue weighted by Crippen LogP contribution is -2.50. The number of benzene rings is 1. The van der Waals surface area contributed by atoms with Gasteiger partial charge in [-0.15, -0.1) is 0 Å². The zero-order valence-corrected chi connectivity index (χ0v) is 14.9. The molecule has 2 aliphatic rings. The number of aryl methyl sites for hydroxylation is 1. The summed E-state index contributed by atoms with van der Waals surface area (Å²) >= 11 is 0. The summed E-state index contributed by atoms with van der Waals surface area (Å²) < 4.78 is 0. The van der Waals surface area contributed by atoms with E-state index in [0.29, 0.717) is 25.3 Å². The highest BCUT2D eigenvalue weighted by Crippen LogP contribution is 2.42. The fourth-order valence-corrected chi connectivity index (χ4v) is 4.02. The highest BCUT2D eigenvalue weighted by atomic mass is 16.2. The molecular weight excluding hydrogens is 328 g/mol. The molecule has 1 aromatic carbocycles. The van der Waals surface area contributed by atoms with Crippen molar-refractivity contribution in [3.05, 3.63) is 54.1 Å². The molecule has 6 nitrogen and oxygen atoms in total. The van der Waals surface area contributed by atoms with Crippen molar-refractivity contribution < 1.29 is 9.59 Å². The van der Waals surface area contributed by atoms with E-state index in [0.717, 1.165) is 30.6 Å². The van der Waals surface area contributed by atoms with Gasteiger partial charge in [0.25, 0.3) is 5.91 Å². The minimum Gasteiger partial charge on any atom is -0.336 e. The molecule has 3 heterocycles. The first kappa shape index (κ1) is 16.7. The first-order valence-electron chi connectivity index (χ1n) is 9.04. The fraction of sp³-hybridized carbons (Fsp3) is 0.400. The van der Waals surface area contributed by atoms with Crippen molar-refractivity contribution in [2.75, 3.05) is 24.5 Å². The van der Waals surface area contributed by atoms with Crippen LogP contribution in [0.2, 0.25) is 0 Å². The van der Waals surface area contributed by atoms with Crippen LogP contribution in [0.1, 0.15) is 35.4 Å². The number of piperidine rings is 1. The Morgan fingerprint density at radius 3 is 2.62 bits per heavy atom. The molecule has 26 heavy (non-hydrogen) atoms. The molecule has 1 aromatic heterocycles. The van der Waals surface area contributed by atoms with Crippen LogP contribution < -0.4 is 4.90 Å². The van der Waals surface area contributed by atoms with E-state index < -0.39 is 5.41 Å². The van der Waals surface area contributed by atoms with E-state index in [4.69, 9.17) is 0 Å². The summed E-state index contributed by atoms with van der Waals surface area (Å²) in [7, 11) is 0. The number of carbonyl (C=O) groups is 2. The Balaban J connectivity index is 1.54. The predicted molar refractivity (Wildman–Crippen MR) is 97.8 cm³/mol. The van der Waals surface area contributed by atoms with Crippen LogP contribution >= 0.6 is 0 Å². The molecule has 1 spiro atoms. The quantitative estimate of drug-likeness (QED) is 0.834. The summed E-state index contributed by atoms with van der Waals surface area (Å²) in [5.74, 6) is -0.00118. The van der Waals surface area contributed by atoms with Gasteiger partial charge in [-0.1, -0.05) is 18.2 Å². The Hall–Kier alpha value is -2.76. The summed E-state index contributed by atoms with van der Waals surface area (Å²) in [6, 6.07) is 9.76. The molecule has 0 bridgehead atoms. The van der Waals surface area contributed by atoms with Gasteiger partial charge in [-0.25, -0.2) is 4.98 Å². The van der Waals surface area contributed by atoms with E-state index in [-0.39, 0.29) is 11.8 Å². The summed E-state index contributed by atoms with van der Waals surface area (Å²) in [5.41, 5.74) is 1.59. The van der Waals surface area contributed by atoms with Gasteiger partial charge in [0.1, 0.15) is 5.69 Å². The Morgan fingerprint density at radius 1 is 1.08 bits per heavy atom. The zero-order chi connectivity index (χ0) is 18.1. The molecule has 2 saturated heterocycles. The topological polar surface area (TPSA) is 66.4 Å². The average Bonchev–Trinajstić information content (AvgIpc) is 2.98. The van der Waals surface area contributed by atoms with Gasteiger partial charge in [-0.05, 0) is 38.3 Å². The third-order valence-electron chi connectivity index (χ3n) is 5.44. The predicted octanol–water partition coefficient (Wildman–Crippen LogP) is 2.44. The van der Waals surface area contributed by atoms with E-state index in [2.05, 4.69) is 9.97 Å². The Morgan fingerprint density at radius 2 is 1.88 bits per heavy atom. The van der Waals surface area contributed by atoms with Gasteiger partial charge in [0.2, 0.25) is 5.91 Å². The van der Waals surface area contributed by atoms with Gasteiger partial charge in [0.05, 0.1) is 17.3 Å². The molecule has 0 saturated carbocycles. The SMILES string of the molecule is Cc1cnc(C(=O)N2CCCC3(CCN(c4ccccc4)C3=O)C2)cn1. The first-order chi connectivity index (χ1) is 12.6. The summed E-state index contributed by atoms with van der Waals surface area (Å²) in [6.07, 6.45) is 5.57. The monoisotopic (exact) mass is 350 g/mol. The van der Waals surface area contributed by atoms with Crippen molar-refractivity contribution in [1.29, 1.82) is 0 Å². The van der Waals surface area contributed by atoms with Gasteiger partial charge in [-0.2, -0.15) is 0 Å². The third-order valence-corrected chi connectivity index (χ3v) is 5.44. The van der Waals surface area contributed by atoms with Gasteiger partial charge in [-0.3, -0.25) is 14.6 Å². The number of carbonyl (C=O) groups excluding carboxylic acids is 2. The number of para-hydroxylation sites is 1. The van der Waals surface area contributed by atoms with Crippen LogP contribution in [-0.2, 0) is 4.79 Å². The van der Waals surface area contributed by atoms with E-state index in [9.17, 15) is 9.59 Å². The van der Waals surface area contributed by atoms with Crippen LogP contribution in [0.3, 0.4) is 0 Å². The van der Waals surface area contributed by atoms with Crippen LogP contribution in [0, 0.1) is 12.3 Å². The molecule has 4 rings (SSSR count). The molecule has 134 valence electrons. The number of likely N-dealkylation sites (tertiary alicyclic amines) is 1. The smallest absolute Gasteiger partial charge is 0.274 e. The molecule has 0 aliphatic carbocycles. The molecule has 2 aromatic rings. The lowest BCUT2D eigenvalue weighted by Gasteiger charge is -2.38. The Labute approximate surface area is 152 Å². The highest BCUT2D eigenvalue weighted by molar-refractivity contribution is 6.01. The van der Waals surface area contributed by atoms with Crippen molar-refractivity contribution >= 4 is 17.5 Å². The average molecular weight is 350 g/mol. The van der Waals surface area contributed by atoms with Crippen molar-refractivity contribution in [1.82, 2.24) is 14.9 Å². The molecule has 2 aliphatic heterocycles. The number of anilines is 1. The van der Waals surface area contributed by atoms with Crippen molar-refractivity contribution in [2.24, 2.45) is 5.41 Å². The molecule has 6 heteroatoms. The number of hydrogen-bond acceptors (Lipinski definition) is 4. The van der Waals surface area contributed by atoms with E-state index in [1.165, 1.54) is 6.20 Å². The molecule has 0 N–H and O–H groups in total. The van der Waals surface area contributed by atoms with Gasteiger partial charge < -0.3 is 9.80 Å². The maximum absolute atomic E-state index is 13.2. The maximum atomic E-state index is 13.2. The summed E-state index contributed by atoms with van der Waals surface area (Å²) in [5, 5.41) is 0. The van der Waals surface area contributed by atoms with Crippen LogP contribution in [0.5, 0.6) is 0 Å². The van der Waals surface area contributed by atoms with Crippen LogP contribution in [0.15, 0.2) is 42.7 Å². The zero-order valence-electron chi connectivity index (χ0n) is 14.9. The number of amides is 2. The standard InChI is InChI=1S/C20H22N4O2/c1-15-12-22-17(13-21-15)18(25)23-10-5-8-20(14-23)9-11-24(19(20)26)16-6-3-2-4-7-16/h2-4,6-7,12-13H,5,8-11,14H2,1H3. The van der Waals surface area contributed by atoms with Gasteiger partial charge in [0.15, 0.2) is 0 Å². The lowest BCUT2D eigenvalue weighted by atomic mass is 9.78. The fourth-order valence-electron chi connectivity index (χ4n) is 4.02. The number of rotatable bonds is 2. The first-order valence-corrected chi connectivity index (χ1v) is 9.04. The number of aromatic nitrogens is 2. The minimum absolute atomic E-state index is 0.135. The van der Waals surface area contributed by atoms with Crippen LogP contribution in [0.4, 0.5) is 5.69 Å². The second kappa shape index (κ2) is 6.52. The highest BCUT2D eigenvalue weighted by Gasteiger charge is 2.50. The Bertz CT molecular complexity index is 821. The summed E-state index contributed by atoms with van der Waals surface area (Å²) in [6.45, 7) is 3.67. The maximum Gasteiger partial charge on any atom is 0.274 e. The molecule has 2 fully saturated rings. The molecule has 1 unspecified atom stereocenters. The minimum atomic E-state index is -0.470. The van der Waals surface area contributed by atoms with E-state index >= 15 is 0 Å². The molecule has 1 atom stereocenters. The molecule has 0 radical (unpaired) electrons. The molecule has 2 amide bonds. The van der Waals surface area contributed by atoms with Gasteiger partial charge in [0, 0.05) is 31.5 Å². The van der Waals surface area contributed by atoms with Crippen LogP contribution in [-0.4, -0.2) is 46.3 Å². The largest absolute Gasteiger partial charge is 0.336 e. The van der Waals surface area contributed by atoms with Crippen molar-refractivity contribution in [3.63, 3.8) is 0 Å². The van der Waals surface area contributed by atoms with Crippen LogP contribution in [0.25, 0.3) is 0 Å². The molecular formula is C20H22N4O2. The van der Waals surface area contributed by atoms with Gasteiger partial charge >= 0.3 is 0 Å². The van der Waals surface area contributed by atoms with Crippen molar-refractivity contribution in [2.45, 2.75) is 26.2 Å². The number of nitrogens with zero attached hydrogens (tertiary/aromatic N) is 4. The number of hydrogen-bond donors (Lipinski definition) is 0. The normalized spacial score (nSPS) is 22.9. The van der Waals surface area contributed by atoms with E-state index in [1.54, 1.807) is 11.1 Å². The second-order valence-corrected chi connectivity index (χ2v) is 7.20. The Kier molecular flexibility index (Phi) is 4.18. The van der Waals surface area contributed by atoms with Crippen molar-refractivity contribution in [3.8, 4) is 0 Å². The second-order valence-electron chi connectivity index (χ2n) is 7.20. The lowest BCUT2D eigenvalue weighted by molar-refractivity contribution is -0.127.